The summed E-state index contributed by atoms with van der Waals surface area (Å²) in [6.07, 6.45) is 3.92. The van der Waals surface area contributed by atoms with Gasteiger partial charge < -0.3 is 0 Å². The molecule has 11 heavy (non-hydrogen) atoms. The molecule has 0 spiro atoms. The van der Waals surface area contributed by atoms with E-state index in [0.29, 0.717) is 0 Å². The zero-order chi connectivity index (χ0) is 7.84. The number of pyridine rings is 1. The zero-order valence-corrected chi connectivity index (χ0v) is 8.65. The van der Waals surface area contributed by atoms with Gasteiger partial charge in [0.05, 0.1) is 5.22 Å². The van der Waals surface area contributed by atoms with Gasteiger partial charge in [-0.25, -0.2) is 4.98 Å². The van der Waals surface area contributed by atoms with Gasteiger partial charge >= 0.3 is 5.03 Å². The molecule has 0 unspecified atom stereocenters. The maximum absolute atomic E-state index is 4.24. The van der Waals surface area contributed by atoms with Crippen LogP contribution in [0.15, 0.2) is 17.3 Å². The number of nitrogens with zero attached hydrogens (tertiary/aromatic N) is 1. The van der Waals surface area contributed by atoms with Gasteiger partial charge in [0, 0.05) is 34.9 Å². The van der Waals surface area contributed by atoms with E-state index < -0.39 is 0 Å². The molecule has 0 saturated heterocycles. The molecule has 0 amide bonds. The zero-order valence-electron chi connectivity index (χ0n) is 5.67. The molecule has 0 radical (unpaired) electrons. The molecule has 1 nitrogen and oxygen atoms in total. The summed E-state index contributed by atoms with van der Waals surface area (Å²) in [5, 5.41) is 3.33. The Bertz CT molecular complexity index is 436. The monoisotopic (exact) mass is 274 g/mol. The van der Waals surface area contributed by atoms with Gasteiger partial charge in [-0.3, -0.25) is 0 Å². The van der Waals surface area contributed by atoms with E-state index in [9.17, 15) is 0 Å². The van der Waals surface area contributed by atoms with Gasteiger partial charge in [-0.2, -0.15) is 0 Å². The Labute approximate surface area is 81.9 Å². The maximum atomic E-state index is 4.24. The first kappa shape index (κ1) is 7.36. The normalized spacial score (nSPS) is 13.7. The second-order valence-electron chi connectivity index (χ2n) is 2.24. The Morgan fingerprint density at radius 1 is 1.55 bits per heavy atom. The second kappa shape index (κ2) is 2.64. The highest BCUT2D eigenvalue weighted by Gasteiger charge is 2.18. The van der Waals surface area contributed by atoms with E-state index in [1.54, 1.807) is 17.5 Å². The van der Waals surface area contributed by atoms with Crippen molar-refractivity contribution in [1.29, 1.82) is 0 Å². The van der Waals surface area contributed by atoms with Crippen LogP contribution in [0.3, 0.4) is 0 Å². The van der Waals surface area contributed by atoms with Crippen LogP contribution < -0.4 is 10.4 Å². The summed E-state index contributed by atoms with van der Waals surface area (Å²) in [6, 6.07) is 1.94. The predicted octanol–water partition coefficient (Wildman–Crippen LogP) is 0.292. The maximum Gasteiger partial charge on any atom is 0.332 e. The molecule has 1 aromatic heterocycles. The first-order valence-electron chi connectivity index (χ1n) is 3.13. The lowest BCUT2D eigenvalue weighted by Gasteiger charge is -1.79. The van der Waals surface area contributed by atoms with Crippen LogP contribution in [-0.4, -0.2) is 7.86 Å². The molecule has 0 fully saturated rings. The fraction of sp³-hybridized carbons (Fsp3) is 0. The molecule has 0 bridgehead atoms. The van der Waals surface area contributed by atoms with Crippen molar-refractivity contribution < 1.29 is 0 Å². The summed E-state index contributed by atoms with van der Waals surface area (Å²) < 4.78 is 1.27. The summed E-state index contributed by atoms with van der Waals surface area (Å²) >= 11 is 4.00. The van der Waals surface area contributed by atoms with Gasteiger partial charge in [0.15, 0.2) is 0 Å². The van der Waals surface area contributed by atoms with Crippen LogP contribution in [0.5, 0.6) is 0 Å². The molecule has 1 aliphatic heterocycles. The molecule has 2 heterocycles. The van der Waals surface area contributed by atoms with Crippen molar-refractivity contribution in [1.82, 2.24) is 4.98 Å². The smallest absolute Gasteiger partial charge is 0.201 e. The highest BCUT2D eigenvalue weighted by molar-refractivity contribution is 14.1. The van der Waals surface area contributed by atoms with Crippen molar-refractivity contribution >= 4 is 49.5 Å². The third kappa shape index (κ3) is 1.22. The molecule has 1 aromatic rings. The lowest BCUT2D eigenvalue weighted by molar-refractivity contribution is 1.09. The molecule has 1 aliphatic rings. The number of hydrogen-bond donors (Lipinski definition) is 0. The van der Waals surface area contributed by atoms with E-state index in [0.717, 1.165) is 10.2 Å². The van der Waals surface area contributed by atoms with Gasteiger partial charge in [0.25, 0.3) is 14.2 Å². The van der Waals surface area contributed by atoms with Crippen molar-refractivity contribution in [2.75, 3.05) is 0 Å². The van der Waals surface area contributed by atoms with Crippen LogP contribution >= 0.6 is 22.6 Å². The van der Waals surface area contributed by atoms with E-state index in [2.05, 4.69) is 40.2 Å². The van der Waals surface area contributed by atoms with Crippen molar-refractivity contribution in [3.63, 3.8) is 0 Å². The SMILES string of the molecule is C=c1ccnc2c1=CC(I)=[S+]2. The fourth-order valence-electron chi connectivity index (χ4n) is 0.963. The number of aromatic nitrogens is 1. The molecule has 0 saturated carbocycles. The first-order chi connectivity index (χ1) is 5.27. The van der Waals surface area contributed by atoms with E-state index in [1.807, 2.05) is 6.07 Å². The summed E-state index contributed by atoms with van der Waals surface area (Å²) in [7, 11) is 0. The summed E-state index contributed by atoms with van der Waals surface area (Å²) in [6.45, 7) is 3.93. The molecular weight excluding hydrogens is 269 g/mol. The van der Waals surface area contributed by atoms with E-state index >= 15 is 0 Å². The second-order valence-corrected chi connectivity index (χ2v) is 5.16. The molecule has 54 valence electrons. The third-order valence-electron chi connectivity index (χ3n) is 1.50. The Morgan fingerprint density at radius 3 is 3.09 bits per heavy atom. The Morgan fingerprint density at radius 2 is 2.36 bits per heavy atom. The topological polar surface area (TPSA) is 12.9 Å². The number of hydrogen-bond acceptors (Lipinski definition) is 1. The molecule has 0 N–H and O–H groups in total. The van der Waals surface area contributed by atoms with E-state index in [-0.39, 0.29) is 0 Å². The summed E-state index contributed by atoms with van der Waals surface area (Å²) in [4.78, 5) is 4.24. The summed E-state index contributed by atoms with van der Waals surface area (Å²) in [5.74, 6) is 0. The van der Waals surface area contributed by atoms with Crippen LogP contribution in [0.4, 0.5) is 0 Å². The highest BCUT2D eigenvalue weighted by Crippen LogP contribution is 1.99. The fourth-order valence-corrected chi connectivity index (χ4v) is 2.67. The quantitative estimate of drug-likeness (QED) is 0.287. The lowest BCUT2D eigenvalue weighted by atomic mass is 10.3. The molecule has 2 rings (SSSR count). The predicted molar refractivity (Wildman–Crippen MR) is 58.1 cm³/mol. The summed E-state index contributed by atoms with van der Waals surface area (Å²) in [5.41, 5.74) is 0. The molecule has 0 aliphatic carbocycles. The van der Waals surface area contributed by atoms with Gasteiger partial charge in [0.1, 0.15) is 0 Å². The Hall–Kier alpha value is -0.290. The van der Waals surface area contributed by atoms with Gasteiger partial charge in [0.2, 0.25) is 0 Å². The minimum Gasteiger partial charge on any atom is -0.201 e. The van der Waals surface area contributed by atoms with Crippen molar-refractivity contribution in [2.45, 2.75) is 5.03 Å². The van der Waals surface area contributed by atoms with Crippen LogP contribution in [-0.2, 0) is 11.4 Å². The van der Waals surface area contributed by atoms with Crippen LogP contribution in [0, 0.1) is 0 Å². The Balaban J connectivity index is 2.90. The van der Waals surface area contributed by atoms with E-state index in [1.165, 1.54) is 8.09 Å². The molecule has 3 heteroatoms. The van der Waals surface area contributed by atoms with Crippen LogP contribution in [0.1, 0.15) is 0 Å². The number of halogens is 1. The lowest BCUT2D eigenvalue weighted by Crippen LogP contribution is -2.24. The average Bonchev–Trinajstić information content (AvgIpc) is 2.31. The third-order valence-corrected chi connectivity index (χ3v) is 3.30. The van der Waals surface area contributed by atoms with Gasteiger partial charge in [-0.1, -0.05) is 6.58 Å². The first-order valence-corrected chi connectivity index (χ1v) is 5.03. The van der Waals surface area contributed by atoms with Gasteiger partial charge in [-0.05, 0) is 11.3 Å². The van der Waals surface area contributed by atoms with Crippen molar-refractivity contribution in [3.8, 4) is 0 Å². The minimum atomic E-state index is 1.06. The van der Waals surface area contributed by atoms with E-state index in [4.69, 9.17) is 0 Å². The van der Waals surface area contributed by atoms with Crippen LogP contribution in [0.2, 0.25) is 0 Å². The average molecular weight is 274 g/mol. The molecule has 0 aromatic carbocycles. The Kier molecular flexibility index (Phi) is 1.77. The van der Waals surface area contributed by atoms with Crippen molar-refractivity contribution in [3.05, 3.63) is 22.7 Å². The standard InChI is InChI=1S/C8H5INS/c1-5-2-3-10-8-6(5)4-7(9)11-8/h2-4H,1H2/q+1. The minimum absolute atomic E-state index is 1.06. The highest BCUT2D eigenvalue weighted by atomic mass is 127. The molecular formula is C8H5INS+. The molecule has 0 atom stereocenters. The number of rotatable bonds is 0. The van der Waals surface area contributed by atoms with Crippen LogP contribution in [0.25, 0.3) is 12.7 Å². The number of fused-ring (bicyclic) bond motifs is 1. The van der Waals surface area contributed by atoms with Crippen molar-refractivity contribution in [2.24, 2.45) is 0 Å². The van der Waals surface area contributed by atoms with Gasteiger partial charge in [-0.15, -0.1) is 0 Å². The largest absolute Gasteiger partial charge is 0.332 e.